The van der Waals surface area contributed by atoms with Crippen LogP contribution in [0.25, 0.3) is 6.08 Å². The zero-order chi connectivity index (χ0) is 8.10. The Morgan fingerprint density at radius 2 is 2.36 bits per heavy atom. The van der Waals surface area contributed by atoms with E-state index in [1.54, 1.807) is 17.4 Å². The van der Waals surface area contributed by atoms with E-state index in [1.807, 2.05) is 18.2 Å². The Morgan fingerprint density at radius 3 is 2.91 bits per heavy atom. The van der Waals surface area contributed by atoms with Crippen molar-refractivity contribution >= 4 is 17.4 Å². The molecule has 0 unspecified atom stereocenters. The molecule has 0 nitrogen and oxygen atoms in total. The molecule has 0 amide bonds. The molecule has 1 heterocycles. The summed E-state index contributed by atoms with van der Waals surface area (Å²) in [5, 5.41) is 2.05. The second-order valence-corrected chi connectivity index (χ2v) is 3.11. The van der Waals surface area contributed by atoms with Crippen molar-refractivity contribution in [2.45, 2.75) is 0 Å². The van der Waals surface area contributed by atoms with Gasteiger partial charge < -0.3 is 0 Å². The Balaban J connectivity index is 2.62. The highest BCUT2D eigenvalue weighted by atomic mass is 32.1. The third-order valence-electron chi connectivity index (χ3n) is 1.27. The lowest BCUT2D eigenvalue weighted by Gasteiger charge is -1.85. The summed E-state index contributed by atoms with van der Waals surface area (Å²) in [5.41, 5.74) is 0.943. The molecule has 1 rings (SSSR count). The van der Waals surface area contributed by atoms with Gasteiger partial charge in [0, 0.05) is 4.88 Å². The first kappa shape index (κ1) is 8.02. The van der Waals surface area contributed by atoms with E-state index in [9.17, 15) is 0 Å². The highest BCUT2D eigenvalue weighted by molar-refractivity contribution is 7.10. The summed E-state index contributed by atoms with van der Waals surface area (Å²) in [7, 11) is 0. The molecule has 0 fully saturated rings. The first-order valence-electron chi connectivity index (χ1n) is 3.36. The molecule has 0 saturated heterocycles. The van der Waals surface area contributed by atoms with Crippen LogP contribution in [0.15, 0.2) is 48.4 Å². The Kier molecular flexibility index (Phi) is 2.87. The highest BCUT2D eigenvalue weighted by Crippen LogP contribution is 2.11. The fourth-order valence-electron chi connectivity index (χ4n) is 0.643. The van der Waals surface area contributed by atoms with Crippen molar-refractivity contribution in [3.05, 3.63) is 53.3 Å². The van der Waals surface area contributed by atoms with Gasteiger partial charge in [-0.15, -0.1) is 11.3 Å². The molecule has 1 aromatic rings. The van der Waals surface area contributed by atoms with E-state index in [1.165, 1.54) is 4.88 Å². The standard InChI is InChI=1S/C10H10S/c1-3-9(2)6-7-10-5-4-8-11-10/h3-8H,1-2H2/b7-6+. The van der Waals surface area contributed by atoms with Crippen LogP contribution in [-0.2, 0) is 0 Å². The monoisotopic (exact) mass is 162 g/mol. The van der Waals surface area contributed by atoms with Gasteiger partial charge in [-0.3, -0.25) is 0 Å². The van der Waals surface area contributed by atoms with Gasteiger partial charge in [0.1, 0.15) is 0 Å². The van der Waals surface area contributed by atoms with Gasteiger partial charge >= 0.3 is 0 Å². The van der Waals surface area contributed by atoms with Crippen LogP contribution in [0.4, 0.5) is 0 Å². The van der Waals surface area contributed by atoms with Crippen LogP contribution >= 0.6 is 11.3 Å². The highest BCUT2D eigenvalue weighted by Gasteiger charge is 1.84. The molecule has 0 N–H and O–H groups in total. The average Bonchev–Trinajstić information content (AvgIpc) is 2.52. The van der Waals surface area contributed by atoms with Gasteiger partial charge in [-0.05, 0) is 23.1 Å². The van der Waals surface area contributed by atoms with Crippen LogP contribution in [0, 0.1) is 0 Å². The fraction of sp³-hybridized carbons (Fsp3) is 0. The molecule has 0 aliphatic carbocycles. The van der Waals surface area contributed by atoms with Crippen molar-refractivity contribution in [3.63, 3.8) is 0 Å². The fourth-order valence-corrected chi connectivity index (χ4v) is 1.26. The summed E-state index contributed by atoms with van der Waals surface area (Å²) in [6, 6.07) is 4.10. The van der Waals surface area contributed by atoms with Crippen LogP contribution in [0.1, 0.15) is 4.88 Å². The Labute approximate surface area is 71.2 Å². The van der Waals surface area contributed by atoms with Gasteiger partial charge in [-0.1, -0.05) is 31.4 Å². The van der Waals surface area contributed by atoms with Crippen LogP contribution in [0.3, 0.4) is 0 Å². The van der Waals surface area contributed by atoms with Gasteiger partial charge in [-0.25, -0.2) is 0 Å². The molecular weight excluding hydrogens is 152 g/mol. The molecule has 1 heteroatoms. The smallest absolute Gasteiger partial charge is 0.0270 e. The van der Waals surface area contributed by atoms with E-state index in [2.05, 4.69) is 24.6 Å². The third-order valence-corrected chi connectivity index (χ3v) is 2.10. The predicted molar refractivity (Wildman–Crippen MR) is 52.7 cm³/mol. The van der Waals surface area contributed by atoms with Crippen LogP contribution in [0.2, 0.25) is 0 Å². The minimum absolute atomic E-state index is 0.943. The molecule has 0 aliphatic rings. The molecule has 0 aromatic carbocycles. The zero-order valence-corrected chi connectivity index (χ0v) is 7.10. The van der Waals surface area contributed by atoms with E-state index < -0.39 is 0 Å². The normalized spacial score (nSPS) is 10.2. The van der Waals surface area contributed by atoms with E-state index in [4.69, 9.17) is 0 Å². The van der Waals surface area contributed by atoms with Gasteiger partial charge in [-0.2, -0.15) is 0 Å². The summed E-state index contributed by atoms with van der Waals surface area (Å²) in [4.78, 5) is 1.24. The number of hydrogen-bond donors (Lipinski definition) is 0. The number of rotatable bonds is 3. The van der Waals surface area contributed by atoms with Crippen molar-refractivity contribution in [2.75, 3.05) is 0 Å². The number of allylic oxidation sites excluding steroid dienone is 3. The van der Waals surface area contributed by atoms with E-state index in [0.29, 0.717) is 0 Å². The van der Waals surface area contributed by atoms with Crippen molar-refractivity contribution in [3.8, 4) is 0 Å². The molecule has 0 spiro atoms. The van der Waals surface area contributed by atoms with Crippen molar-refractivity contribution in [2.24, 2.45) is 0 Å². The molecule has 0 atom stereocenters. The number of thiophene rings is 1. The molecule has 0 saturated carbocycles. The van der Waals surface area contributed by atoms with E-state index >= 15 is 0 Å². The van der Waals surface area contributed by atoms with Gasteiger partial charge in [0.05, 0.1) is 0 Å². The van der Waals surface area contributed by atoms with Crippen molar-refractivity contribution < 1.29 is 0 Å². The molecular formula is C10H10S. The number of hydrogen-bond acceptors (Lipinski definition) is 1. The van der Waals surface area contributed by atoms with E-state index in [-0.39, 0.29) is 0 Å². The average molecular weight is 162 g/mol. The second-order valence-electron chi connectivity index (χ2n) is 2.13. The zero-order valence-electron chi connectivity index (χ0n) is 6.29. The van der Waals surface area contributed by atoms with Crippen molar-refractivity contribution in [1.82, 2.24) is 0 Å². The topological polar surface area (TPSA) is 0 Å². The SMILES string of the molecule is C=CC(=C)/C=C/c1cccs1. The van der Waals surface area contributed by atoms with Crippen LogP contribution < -0.4 is 0 Å². The Bertz CT molecular complexity index is 265. The maximum Gasteiger partial charge on any atom is 0.0270 e. The quantitative estimate of drug-likeness (QED) is 0.597. The van der Waals surface area contributed by atoms with Gasteiger partial charge in [0.2, 0.25) is 0 Å². The molecule has 11 heavy (non-hydrogen) atoms. The molecule has 0 bridgehead atoms. The molecule has 0 radical (unpaired) electrons. The maximum absolute atomic E-state index is 3.77. The minimum Gasteiger partial charge on any atom is -0.144 e. The lowest BCUT2D eigenvalue weighted by molar-refractivity contribution is 1.80. The maximum atomic E-state index is 3.77. The predicted octanol–water partition coefficient (Wildman–Crippen LogP) is 3.50. The second kappa shape index (κ2) is 3.94. The Hall–Kier alpha value is -1.08. The lowest BCUT2D eigenvalue weighted by Crippen LogP contribution is -1.62. The lowest BCUT2D eigenvalue weighted by atomic mass is 10.2. The largest absolute Gasteiger partial charge is 0.144 e. The first-order valence-corrected chi connectivity index (χ1v) is 4.24. The molecule has 0 aliphatic heterocycles. The summed E-state index contributed by atoms with van der Waals surface area (Å²) in [6.45, 7) is 7.39. The summed E-state index contributed by atoms with van der Waals surface area (Å²) in [6.07, 6.45) is 5.73. The third kappa shape index (κ3) is 2.56. The van der Waals surface area contributed by atoms with Gasteiger partial charge in [0.25, 0.3) is 0 Å². The van der Waals surface area contributed by atoms with E-state index in [0.717, 1.165) is 5.57 Å². The Morgan fingerprint density at radius 1 is 1.55 bits per heavy atom. The molecule has 1 aromatic heterocycles. The van der Waals surface area contributed by atoms with Crippen LogP contribution in [-0.4, -0.2) is 0 Å². The summed E-state index contributed by atoms with van der Waals surface area (Å²) in [5.74, 6) is 0. The minimum atomic E-state index is 0.943. The molecule has 56 valence electrons. The van der Waals surface area contributed by atoms with Crippen molar-refractivity contribution in [1.29, 1.82) is 0 Å². The first-order chi connectivity index (χ1) is 5.33. The summed E-state index contributed by atoms with van der Waals surface area (Å²) < 4.78 is 0. The van der Waals surface area contributed by atoms with Gasteiger partial charge in [0.15, 0.2) is 0 Å². The van der Waals surface area contributed by atoms with Crippen LogP contribution in [0.5, 0.6) is 0 Å². The summed E-state index contributed by atoms with van der Waals surface area (Å²) >= 11 is 1.71.